The van der Waals surface area contributed by atoms with Crippen molar-refractivity contribution in [2.45, 2.75) is 19.8 Å². The number of rotatable bonds is 4. The molecule has 1 fully saturated rings. The number of benzene rings is 1. The van der Waals surface area contributed by atoms with Crippen LogP contribution in [-0.4, -0.2) is 34.8 Å². The minimum Gasteiger partial charge on any atom is -0.339 e. The summed E-state index contributed by atoms with van der Waals surface area (Å²) < 4.78 is 0.692. The Kier molecular flexibility index (Phi) is 5.48. The van der Waals surface area contributed by atoms with Gasteiger partial charge >= 0.3 is 0 Å². The van der Waals surface area contributed by atoms with Crippen LogP contribution in [0.5, 0.6) is 0 Å². The maximum Gasteiger partial charge on any atom is 0.267 e. The molecule has 4 rings (SSSR count). The van der Waals surface area contributed by atoms with Crippen LogP contribution in [0.15, 0.2) is 36.4 Å². The largest absolute Gasteiger partial charge is 0.339 e. The number of carbonyl (C=O) groups is 2. The summed E-state index contributed by atoms with van der Waals surface area (Å²) in [5.41, 5.74) is 1.98. The number of anilines is 1. The number of thiazole rings is 1. The summed E-state index contributed by atoms with van der Waals surface area (Å²) in [4.78, 5) is 33.0. The third-order valence-electron chi connectivity index (χ3n) is 4.57. The first-order valence-electron chi connectivity index (χ1n) is 8.95. The molecule has 1 N–H and O–H groups in total. The maximum absolute atomic E-state index is 12.7. The predicted octanol–water partition coefficient (Wildman–Crippen LogP) is 5.32. The summed E-state index contributed by atoms with van der Waals surface area (Å²) in [6.45, 7) is 3.46. The number of aromatic nitrogens is 1. The predicted molar refractivity (Wildman–Crippen MR) is 115 cm³/mol. The number of aryl methyl sites for hydroxylation is 1. The summed E-state index contributed by atoms with van der Waals surface area (Å²) in [7, 11) is 0. The number of likely N-dealkylation sites (tertiary alicyclic amines) is 1. The molecule has 1 aliphatic rings. The van der Waals surface area contributed by atoms with Gasteiger partial charge in [0.25, 0.3) is 11.8 Å². The minimum absolute atomic E-state index is 0.0490. The molecule has 3 heterocycles. The molecule has 1 saturated heterocycles. The molecule has 2 aromatic heterocycles. The van der Waals surface area contributed by atoms with E-state index >= 15 is 0 Å². The van der Waals surface area contributed by atoms with Crippen LogP contribution in [-0.2, 0) is 0 Å². The lowest BCUT2D eigenvalue weighted by Gasteiger charge is -2.15. The van der Waals surface area contributed by atoms with Crippen LogP contribution in [0.4, 0.5) is 5.69 Å². The Morgan fingerprint density at radius 3 is 2.43 bits per heavy atom. The van der Waals surface area contributed by atoms with Crippen molar-refractivity contribution >= 4 is 51.8 Å². The fraction of sp³-hybridized carbons (Fsp3) is 0.250. The van der Waals surface area contributed by atoms with Crippen LogP contribution in [0.3, 0.4) is 0 Å². The van der Waals surface area contributed by atoms with Crippen LogP contribution in [0.2, 0.25) is 4.34 Å². The zero-order valence-electron chi connectivity index (χ0n) is 15.2. The molecule has 1 aromatic carbocycles. The summed E-state index contributed by atoms with van der Waals surface area (Å²) in [6.07, 6.45) is 2.13. The van der Waals surface area contributed by atoms with Crippen LogP contribution in [0, 0.1) is 6.92 Å². The summed E-state index contributed by atoms with van der Waals surface area (Å²) in [5, 5.41) is 3.67. The summed E-state index contributed by atoms with van der Waals surface area (Å²) >= 11 is 8.78. The van der Waals surface area contributed by atoms with E-state index in [1.165, 1.54) is 22.7 Å². The van der Waals surface area contributed by atoms with E-state index in [-0.39, 0.29) is 11.8 Å². The number of thiophene rings is 1. The highest BCUT2D eigenvalue weighted by atomic mass is 35.5. The Bertz CT molecular complexity index is 1020. The molecule has 0 radical (unpaired) electrons. The van der Waals surface area contributed by atoms with Gasteiger partial charge in [0.1, 0.15) is 9.88 Å². The lowest BCUT2D eigenvalue weighted by Crippen LogP contribution is -2.27. The summed E-state index contributed by atoms with van der Waals surface area (Å²) in [6, 6.07) is 10.8. The molecule has 8 heteroatoms. The molecule has 144 valence electrons. The lowest BCUT2D eigenvalue weighted by molar-refractivity contribution is 0.0792. The van der Waals surface area contributed by atoms with Gasteiger partial charge in [-0.05, 0) is 56.2 Å². The average molecular weight is 432 g/mol. The van der Waals surface area contributed by atoms with Gasteiger partial charge in [-0.1, -0.05) is 11.6 Å². The van der Waals surface area contributed by atoms with E-state index in [4.69, 9.17) is 11.6 Å². The average Bonchev–Trinajstić information content (AvgIpc) is 3.42. The molecular weight excluding hydrogens is 414 g/mol. The standard InChI is InChI=1S/C20H18ClN3O2S2/c1-12-17(28-19(22-12)15-8-9-16(21)27-15)18(25)23-14-6-4-13(5-7-14)20(26)24-10-2-3-11-24/h4-9H,2-3,10-11H2,1H3,(H,23,25). The molecule has 0 aliphatic carbocycles. The number of hydrogen-bond donors (Lipinski definition) is 1. The van der Waals surface area contributed by atoms with Gasteiger partial charge in [0.15, 0.2) is 0 Å². The van der Waals surface area contributed by atoms with E-state index < -0.39 is 0 Å². The Hall–Kier alpha value is -2.22. The topological polar surface area (TPSA) is 62.3 Å². The van der Waals surface area contributed by atoms with Crippen molar-refractivity contribution in [3.63, 3.8) is 0 Å². The first-order valence-corrected chi connectivity index (χ1v) is 11.0. The number of halogens is 1. The minimum atomic E-state index is -0.206. The van der Waals surface area contributed by atoms with Gasteiger partial charge in [-0.15, -0.1) is 22.7 Å². The quantitative estimate of drug-likeness (QED) is 0.607. The molecule has 1 aliphatic heterocycles. The number of amides is 2. The van der Waals surface area contributed by atoms with Crippen molar-refractivity contribution in [2.24, 2.45) is 0 Å². The van der Waals surface area contributed by atoms with E-state index in [1.807, 2.05) is 24.0 Å². The van der Waals surface area contributed by atoms with Crippen molar-refractivity contribution in [2.75, 3.05) is 18.4 Å². The van der Waals surface area contributed by atoms with Gasteiger partial charge in [-0.3, -0.25) is 9.59 Å². The highest BCUT2D eigenvalue weighted by Gasteiger charge is 2.20. The van der Waals surface area contributed by atoms with Gasteiger partial charge in [0.05, 0.1) is 14.9 Å². The molecule has 2 amide bonds. The fourth-order valence-electron chi connectivity index (χ4n) is 3.13. The summed E-state index contributed by atoms with van der Waals surface area (Å²) in [5.74, 6) is -0.157. The Morgan fingerprint density at radius 2 is 1.79 bits per heavy atom. The third-order valence-corrected chi connectivity index (χ3v) is 7.13. The molecular formula is C20H18ClN3O2S2. The molecule has 0 saturated carbocycles. The smallest absolute Gasteiger partial charge is 0.267 e. The molecule has 5 nitrogen and oxygen atoms in total. The van der Waals surface area contributed by atoms with Gasteiger partial charge in [-0.2, -0.15) is 0 Å². The monoisotopic (exact) mass is 431 g/mol. The van der Waals surface area contributed by atoms with E-state index in [1.54, 1.807) is 24.3 Å². The fourth-order valence-corrected chi connectivity index (χ4v) is 5.19. The van der Waals surface area contributed by atoms with Crippen molar-refractivity contribution in [1.29, 1.82) is 0 Å². The highest BCUT2D eigenvalue weighted by Crippen LogP contribution is 2.35. The number of carbonyl (C=O) groups excluding carboxylic acids is 2. The van der Waals surface area contributed by atoms with Crippen molar-refractivity contribution in [3.05, 3.63) is 56.9 Å². The number of nitrogens with one attached hydrogen (secondary N) is 1. The third kappa shape index (κ3) is 3.97. The Balaban J connectivity index is 1.46. The Morgan fingerprint density at radius 1 is 1.07 bits per heavy atom. The molecule has 0 unspecified atom stereocenters. The molecule has 0 atom stereocenters. The highest BCUT2D eigenvalue weighted by molar-refractivity contribution is 7.24. The first-order chi connectivity index (χ1) is 13.5. The van der Waals surface area contributed by atoms with Crippen molar-refractivity contribution in [1.82, 2.24) is 9.88 Å². The van der Waals surface area contributed by atoms with Gasteiger partial charge < -0.3 is 10.2 Å². The zero-order chi connectivity index (χ0) is 19.7. The van der Waals surface area contributed by atoms with Crippen molar-refractivity contribution < 1.29 is 9.59 Å². The second-order valence-corrected chi connectivity index (χ2v) is 9.28. The molecule has 28 heavy (non-hydrogen) atoms. The molecule has 0 spiro atoms. The molecule has 3 aromatic rings. The lowest BCUT2D eigenvalue weighted by atomic mass is 10.2. The van der Waals surface area contributed by atoms with E-state index in [0.29, 0.717) is 26.2 Å². The Labute approximate surface area is 176 Å². The van der Waals surface area contributed by atoms with E-state index in [2.05, 4.69) is 10.3 Å². The van der Waals surface area contributed by atoms with Crippen molar-refractivity contribution in [3.8, 4) is 9.88 Å². The maximum atomic E-state index is 12.7. The number of nitrogens with zero attached hydrogens (tertiary/aromatic N) is 2. The van der Waals surface area contributed by atoms with Crippen LogP contribution >= 0.6 is 34.3 Å². The van der Waals surface area contributed by atoms with Crippen LogP contribution < -0.4 is 5.32 Å². The van der Waals surface area contributed by atoms with Gasteiger partial charge in [0, 0.05) is 24.3 Å². The molecule has 0 bridgehead atoms. The zero-order valence-corrected chi connectivity index (χ0v) is 17.6. The van der Waals surface area contributed by atoms with E-state index in [9.17, 15) is 9.59 Å². The normalized spacial score (nSPS) is 13.7. The van der Waals surface area contributed by atoms with E-state index in [0.717, 1.165) is 35.8 Å². The van der Waals surface area contributed by atoms with Crippen LogP contribution in [0.25, 0.3) is 9.88 Å². The van der Waals surface area contributed by atoms with Gasteiger partial charge in [0.2, 0.25) is 0 Å². The second kappa shape index (κ2) is 8.03. The SMILES string of the molecule is Cc1nc(-c2ccc(Cl)s2)sc1C(=O)Nc1ccc(C(=O)N2CCCC2)cc1. The second-order valence-electron chi connectivity index (χ2n) is 6.57. The number of hydrogen-bond acceptors (Lipinski definition) is 5. The van der Waals surface area contributed by atoms with Gasteiger partial charge in [-0.25, -0.2) is 4.98 Å². The van der Waals surface area contributed by atoms with Crippen LogP contribution in [0.1, 0.15) is 38.6 Å². The first kappa shape index (κ1) is 19.1.